The zero-order chi connectivity index (χ0) is 14.5. The van der Waals surface area contributed by atoms with Crippen molar-refractivity contribution in [2.75, 3.05) is 13.2 Å². The Hall–Kier alpha value is -1.38. The van der Waals surface area contributed by atoms with Gasteiger partial charge in [-0.3, -0.25) is 0 Å². The third kappa shape index (κ3) is 3.38. The molecule has 0 aliphatic heterocycles. The Balaban J connectivity index is 2.59. The van der Waals surface area contributed by atoms with E-state index in [0.717, 1.165) is 16.9 Å². The summed E-state index contributed by atoms with van der Waals surface area (Å²) in [7, 11) is 0. The Morgan fingerprint density at radius 2 is 1.60 bits per heavy atom. The molecule has 0 aromatic heterocycles. The molecule has 20 heavy (non-hydrogen) atoms. The van der Waals surface area contributed by atoms with Crippen LogP contribution in [0, 0.1) is 6.07 Å². The highest BCUT2D eigenvalue weighted by Crippen LogP contribution is 2.39. The molecule has 0 bridgehead atoms. The average Bonchev–Trinajstić information content (AvgIpc) is 2.43. The maximum Gasteiger partial charge on any atom is 0.127 e. The van der Waals surface area contributed by atoms with Gasteiger partial charge in [0, 0.05) is 27.2 Å². The summed E-state index contributed by atoms with van der Waals surface area (Å²) in [5.41, 5.74) is 1.71. The van der Waals surface area contributed by atoms with Gasteiger partial charge in [0.25, 0.3) is 0 Å². The summed E-state index contributed by atoms with van der Waals surface area (Å²) in [6.45, 7) is 5.01. The van der Waals surface area contributed by atoms with E-state index < -0.39 is 0 Å². The lowest BCUT2D eigenvalue weighted by atomic mass is 10.0. The second-order valence-corrected chi connectivity index (χ2v) is 4.91. The maximum atomic E-state index is 6.10. The molecule has 2 rings (SSSR count). The van der Waals surface area contributed by atoms with Gasteiger partial charge in [-0.25, -0.2) is 0 Å². The lowest BCUT2D eigenvalue weighted by molar-refractivity contribution is 0.336. The van der Waals surface area contributed by atoms with E-state index in [1.807, 2.05) is 26.0 Å². The minimum absolute atomic E-state index is 0.519. The second-order valence-electron chi connectivity index (χ2n) is 4.07. The van der Waals surface area contributed by atoms with Gasteiger partial charge in [0.1, 0.15) is 11.5 Å². The molecule has 0 unspecified atom stereocenters. The molecule has 105 valence electrons. The van der Waals surface area contributed by atoms with Crippen LogP contribution in [0.3, 0.4) is 0 Å². The molecule has 4 heteroatoms. The average molecular weight is 310 g/mol. The number of hydrogen-bond acceptors (Lipinski definition) is 2. The molecule has 2 aromatic rings. The summed E-state index contributed by atoms with van der Waals surface area (Å²) in [6, 6.07) is 12.0. The fourth-order valence-electron chi connectivity index (χ4n) is 1.93. The SMILES string of the molecule is CCOc1c[c]c(Cl)cc1-c1cc(Cl)ccc1OCC. The summed E-state index contributed by atoms with van der Waals surface area (Å²) >= 11 is 12.2. The summed E-state index contributed by atoms with van der Waals surface area (Å²) < 4.78 is 11.3. The van der Waals surface area contributed by atoms with Crippen molar-refractivity contribution in [3.63, 3.8) is 0 Å². The fraction of sp³-hybridized carbons (Fsp3) is 0.250. The van der Waals surface area contributed by atoms with E-state index in [1.54, 1.807) is 18.2 Å². The van der Waals surface area contributed by atoms with Crippen molar-refractivity contribution in [1.82, 2.24) is 0 Å². The largest absolute Gasteiger partial charge is 0.493 e. The van der Waals surface area contributed by atoms with Crippen LogP contribution in [0.2, 0.25) is 10.0 Å². The summed E-state index contributed by atoms with van der Waals surface area (Å²) in [5, 5.41) is 1.15. The van der Waals surface area contributed by atoms with Crippen LogP contribution in [0.5, 0.6) is 11.5 Å². The van der Waals surface area contributed by atoms with Gasteiger partial charge in [0.2, 0.25) is 0 Å². The van der Waals surface area contributed by atoms with Gasteiger partial charge in [0.15, 0.2) is 0 Å². The standard InChI is InChI=1S/C16H15Cl2O2/c1-3-19-15-7-5-11(17)9-13(15)14-10-12(18)6-8-16(14)20-4-2/h5,7-10H,3-4H2,1-2H3. The molecule has 0 spiro atoms. The molecule has 2 aromatic carbocycles. The molecule has 0 aliphatic rings. The smallest absolute Gasteiger partial charge is 0.127 e. The molecule has 0 fully saturated rings. The molecule has 0 saturated carbocycles. The Labute approximate surface area is 129 Å². The quantitative estimate of drug-likeness (QED) is 0.750. The first-order valence-electron chi connectivity index (χ1n) is 6.42. The maximum absolute atomic E-state index is 6.10. The predicted molar refractivity (Wildman–Crippen MR) is 83.1 cm³/mol. The van der Waals surface area contributed by atoms with E-state index in [2.05, 4.69) is 6.07 Å². The molecule has 0 N–H and O–H groups in total. The molecule has 2 nitrogen and oxygen atoms in total. The fourth-order valence-corrected chi connectivity index (χ4v) is 2.27. The number of benzene rings is 2. The summed E-state index contributed by atoms with van der Waals surface area (Å²) in [5.74, 6) is 1.46. The first-order valence-corrected chi connectivity index (χ1v) is 7.18. The number of hydrogen-bond donors (Lipinski definition) is 0. The van der Waals surface area contributed by atoms with Crippen LogP contribution in [0.25, 0.3) is 11.1 Å². The van der Waals surface area contributed by atoms with Crippen molar-refractivity contribution in [2.24, 2.45) is 0 Å². The van der Waals surface area contributed by atoms with Crippen LogP contribution >= 0.6 is 23.2 Å². The molecular weight excluding hydrogens is 295 g/mol. The Morgan fingerprint density at radius 1 is 0.950 bits per heavy atom. The molecule has 0 amide bonds. The van der Waals surface area contributed by atoms with E-state index in [1.165, 1.54) is 0 Å². The van der Waals surface area contributed by atoms with Gasteiger partial charge in [-0.15, -0.1) is 0 Å². The highest BCUT2D eigenvalue weighted by molar-refractivity contribution is 6.31. The Bertz CT molecular complexity index is 544. The number of rotatable bonds is 5. The van der Waals surface area contributed by atoms with Crippen LogP contribution in [0.15, 0.2) is 30.3 Å². The van der Waals surface area contributed by atoms with Crippen LogP contribution in [0.1, 0.15) is 13.8 Å². The number of ether oxygens (including phenoxy) is 2. The van der Waals surface area contributed by atoms with E-state index in [-0.39, 0.29) is 0 Å². The first kappa shape index (κ1) is 15.0. The van der Waals surface area contributed by atoms with E-state index in [0.29, 0.717) is 29.0 Å². The van der Waals surface area contributed by atoms with Gasteiger partial charge in [-0.1, -0.05) is 23.2 Å². The Kier molecular flexibility index (Phi) is 5.16. The molecule has 0 atom stereocenters. The van der Waals surface area contributed by atoms with Crippen molar-refractivity contribution < 1.29 is 9.47 Å². The molecule has 1 radical (unpaired) electrons. The lowest BCUT2D eigenvalue weighted by Crippen LogP contribution is -1.97. The van der Waals surface area contributed by atoms with Gasteiger partial charge in [-0.2, -0.15) is 0 Å². The van der Waals surface area contributed by atoms with Gasteiger partial charge in [-0.05, 0) is 44.2 Å². The normalized spacial score (nSPS) is 10.4. The lowest BCUT2D eigenvalue weighted by Gasteiger charge is -2.15. The first-order chi connectivity index (χ1) is 9.65. The minimum atomic E-state index is 0.519. The van der Waals surface area contributed by atoms with Crippen molar-refractivity contribution in [1.29, 1.82) is 0 Å². The van der Waals surface area contributed by atoms with Crippen LogP contribution in [-0.4, -0.2) is 13.2 Å². The van der Waals surface area contributed by atoms with E-state index in [4.69, 9.17) is 32.7 Å². The third-order valence-electron chi connectivity index (χ3n) is 2.71. The van der Waals surface area contributed by atoms with Crippen LogP contribution in [0.4, 0.5) is 0 Å². The zero-order valence-corrected chi connectivity index (χ0v) is 12.9. The van der Waals surface area contributed by atoms with Crippen molar-refractivity contribution >= 4 is 23.2 Å². The second kappa shape index (κ2) is 6.87. The summed E-state index contributed by atoms with van der Waals surface area (Å²) in [6.07, 6.45) is 0. The molecule has 0 saturated heterocycles. The third-order valence-corrected chi connectivity index (χ3v) is 3.16. The van der Waals surface area contributed by atoms with Gasteiger partial charge < -0.3 is 9.47 Å². The van der Waals surface area contributed by atoms with E-state index in [9.17, 15) is 0 Å². The highest BCUT2D eigenvalue weighted by atomic mass is 35.5. The van der Waals surface area contributed by atoms with Crippen molar-refractivity contribution in [3.8, 4) is 22.6 Å². The Morgan fingerprint density at radius 3 is 2.30 bits per heavy atom. The zero-order valence-electron chi connectivity index (χ0n) is 11.4. The molecule has 0 aliphatic carbocycles. The minimum Gasteiger partial charge on any atom is -0.493 e. The van der Waals surface area contributed by atoms with Gasteiger partial charge >= 0.3 is 0 Å². The van der Waals surface area contributed by atoms with Crippen LogP contribution < -0.4 is 9.47 Å². The highest BCUT2D eigenvalue weighted by Gasteiger charge is 2.13. The predicted octanol–water partition coefficient (Wildman–Crippen LogP) is 5.26. The van der Waals surface area contributed by atoms with Crippen LogP contribution in [-0.2, 0) is 0 Å². The molecule has 0 heterocycles. The van der Waals surface area contributed by atoms with E-state index >= 15 is 0 Å². The number of halogens is 2. The van der Waals surface area contributed by atoms with Crippen molar-refractivity contribution in [3.05, 3.63) is 46.4 Å². The van der Waals surface area contributed by atoms with Gasteiger partial charge in [0.05, 0.1) is 13.2 Å². The topological polar surface area (TPSA) is 18.5 Å². The monoisotopic (exact) mass is 309 g/mol. The van der Waals surface area contributed by atoms with Crippen molar-refractivity contribution in [2.45, 2.75) is 13.8 Å². The summed E-state index contributed by atoms with van der Waals surface area (Å²) in [4.78, 5) is 0. The molecular formula is C16H15Cl2O2.